The molecule has 0 fully saturated rings. The van der Waals surface area contributed by atoms with Crippen LogP contribution in [0, 0.1) is 5.82 Å². The zero-order valence-corrected chi connectivity index (χ0v) is 10.6. The second-order valence-electron chi connectivity index (χ2n) is 3.42. The lowest BCUT2D eigenvalue weighted by molar-refractivity contribution is 0.0632. The van der Waals surface area contributed by atoms with Gasteiger partial charge in [-0.2, -0.15) is 8.78 Å². The Morgan fingerprint density at radius 2 is 2.11 bits per heavy atom. The summed E-state index contributed by atoms with van der Waals surface area (Å²) in [6.45, 7) is -2.84. The largest absolute Gasteiger partial charge is 0.486 e. The summed E-state index contributed by atoms with van der Waals surface area (Å²) in [6, 6.07) is 3.98. The van der Waals surface area contributed by atoms with Gasteiger partial charge in [0.2, 0.25) is 0 Å². The first-order chi connectivity index (χ1) is 8.56. The molecule has 1 aromatic carbocycles. The predicted octanol–water partition coefficient (Wildman–Crippen LogP) is 3.76. The minimum atomic E-state index is -2.68. The summed E-state index contributed by atoms with van der Waals surface area (Å²) in [5.41, 5.74) is 0. The first-order valence-electron chi connectivity index (χ1n) is 4.95. The Morgan fingerprint density at radius 3 is 2.78 bits per heavy atom. The highest BCUT2D eigenvalue weighted by atomic mass is 79.9. The molecule has 0 atom stereocenters. The van der Waals surface area contributed by atoms with E-state index < -0.39 is 12.4 Å². The number of alkyl halides is 2. The van der Waals surface area contributed by atoms with Crippen LogP contribution in [0.15, 0.2) is 35.1 Å². The molecular weight excluding hydrogens is 313 g/mol. The Kier molecular flexibility index (Phi) is 3.90. The molecule has 0 amide bonds. The monoisotopic (exact) mass is 320 g/mol. The van der Waals surface area contributed by atoms with E-state index in [9.17, 15) is 13.2 Å². The molecule has 0 aliphatic rings. The Hall–Kier alpha value is -1.50. The number of halogens is 4. The van der Waals surface area contributed by atoms with Crippen LogP contribution >= 0.6 is 15.9 Å². The van der Waals surface area contributed by atoms with Gasteiger partial charge in [-0.25, -0.2) is 9.37 Å². The maximum Gasteiger partial charge on any atom is 0.320 e. The number of imidazole rings is 1. The highest BCUT2D eigenvalue weighted by Gasteiger charge is 2.11. The fourth-order valence-corrected chi connectivity index (χ4v) is 1.84. The van der Waals surface area contributed by atoms with Gasteiger partial charge in [-0.1, -0.05) is 15.9 Å². The first kappa shape index (κ1) is 12.9. The molecule has 7 heteroatoms. The standard InChI is InChI=1S/C11H8BrF3N2O/c12-7-3-8(13)5-9(4-7)18-6-10-16-1-2-17(10)11(14)15/h1-5,11H,6H2. The lowest BCUT2D eigenvalue weighted by Gasteiger charge is -2.08. The van der Waals surface area contributed by atoms with Gasteiger partial charge in [0.1, 0.15) is 18.2 Å². The van der Waals surface area contributed by atoms with E-state index in [1.807, 2.05) is 0 Å². The number of nitrogens with zero attached hydrogens (tertiary/aromatic N) is 2. The molecule has 0 aliphatic carbocycles. The van der Waals surface area contributed by atoms with Gasteiger partial charge < -0.3 is 4.74 Å². The minimum absolute atomic E-state index is 0.0744. The van der Waals surface area contributed by atoms with Crippen LogP contribution in [-0.4, -0.2) is 9.55 Å². The van der Waals surface area contributed by atoms with Crippen LogP contribution in [0.4, 0.5) is 13.2 Å². The third-order valence-electron chi connectivity index (χ3n) is 2.16. The Bertz CT molecular complexity index is 525. The van der Waals surface area contributed by atoms with Crippen molar-refractivity contribution in [3.8, 4) is 5.75 Å². The first-order valence-corrected chi connectivity index (χ1v) is 5.74. The summed E-state index contributed by atoms with van der Waals surface area (Å²) < 4.78 is 44.5. The zero-order valence-electron chi connectivity index (χ0n) is 8.99. The average molecular weight is 321 g/mol. The Balaban J connectivity index is 2.09. The van der Waals surface area contributed by atoms with E-state index in [1.54, 1.807) is 6.07 Å². The summed E-state index contributed by atoms with van der Waals surface area (Å²) in [4.78, 5) is 3.75. The van der Waals surface area contributed by atoms with E-state index >= 15 is 0 Å². The molecule has 1 aromatic heterocycles. The molecule has 0 N–H and O–H groups in total. The molecule has 18 heavy (non-hydrogen) atoms. The topological polar surface area (TPSA) is 27.1 Å². The van der Waals surface area contributed by atoms with Gasteiger partial charge in [0.25, 0.3) is 0 Å². The van der Waals surface area contributed by atoms with Gasteiger partial charge in [-0.3, -0.25) is 4.57 Å². The smallest absolute Gasteiger partial charge is 0.320 e. The Labute approximate surface area is 109 Å². The van der Waals surface area contributed by atoms with Crippen molar-refractivity contribution in [1.82, 2.24) is 9.55 Å². The SMILES string of the molecule is Fc1cc(Br)cc(OCc2nccn2C(F)F)c1. The van der Waals surface area contributed by atoms with Crippen LogP contribution in [0.3, 0.4) is 0 Å². The highest BCUT2D eigenvalue weighted by molar-refractivity contribution is 9.10. The van der Waals surface area contributed by atoms with E-state index in [4.69, 9.17) is 4.74 Å². The molecule has 0 spiro atoms. The van der Waals surface area contributed by atoms with E-state index in [1.165, 1.54) is 18.3 Å². The van der Waals surface area contributed by atoms with E-state index in [0.29, 0.717) is 9.04 Å². The second-order valence-corrected chi connectivity index (χ2v) is 4.34. The second kappa shape index (κ2) is 5.43. The number of aromatic nitrogens is 2. The third-order valence-corrected chi connectivity index (χ3v) is 2.62. The summed E-state index contributed by atoms with van der Waals surface area (Å²) in [7, 11) is 0. The van der Waals surface area contributed by atoms with E-state index in [0.717, 1.165) is 6.20 Å². The third kappa shape index (κ3) is 3.04. The van der Waals surface area contributed by atoms with Crippen LogP contribution < -0.4 is 4.74 Å². The van der Waals surface area contributed by atoms with Gasteiger partial charge in [-0.15, -0.1) is 0 Å². The average Bonchev–Trinajstić information content (AvgIpc) is 2.73. The zero-order chi connectivity index (χ0) is 13.1. The molecule has 0 saturated heterocycles. The van der Waals surface area contributed by atoms with Gasteiger partial charge >= 0.3 is 6.55 Å². The van der Waals surface area contributed by atoms with Crippen molar-refractivity contribution in [2.75, 3.05) is 0 Å². The minimum Gasteiger partial charge on any atom is -0.486 e. The number of hydrogen-bond acceptors (Lipinski definition) is 2. The number of hydrogen-bond donors (Lipinski definition) is 0. The molecule has 0 unspecified atom stereocenters. The molecule has 1 heterocycles. The van der Waals surface area contributed by atoms with Crippen molar-refractivity contribution < 1.29 is 17.9 Å². The molecule has 0 saturated carbocycles. The molecule has 3 nitrogen and oxygen atoms in total. The van der Waals surface area contributed by atoms with Crippen molar-refractivity contribution in [1.29, 1.82) is 0 Å². The van der Waals surface area contributed by atoms with Crippen molar-refractivity contribution in [3.05, 3.63) is 46.7 Å². The van der Waals surface area contributed by atoms with Gasteiger partial charge in [0, 0.05) is 22.9 Å². The summed E-state index contributed by atoms with van der Waals surface area (Å²) in [5.74, 6) is -0.160. The summed E-state index contributed by atoms with van der Waals surface area (Å²) in [6.07, 6.45) is 2.41. The predicted molar refractivity (Wildman–Crippen MR) is 61.9 cm³/mol. The fourth-order valence-electron chi connectivity index (χ4n) is 1.39. The van der Waals surface area contributed by atoms with Crippen LogP contribution in [0.25, 0.3) is 0 Å². The van der Waals surface area contributed by atoms with Crippen LogP contribution in [-0.2, 0) is 6.61 Å². The molecule has 2 rings (SSSR count). The maximum absolute atomic E-state index is 13.1. The number of ether oxygens (including phenoxy) is 1. The molecule has 0 bridgehead atoms. The molecule has 0 aliphatic heterocycles. The maximum atomic E-state index is 13.1. The van der Waals surface area contributed by atoms with Gasteiger partial charge in [0.15, 0.2) is 5.82 Å². The number of benzene rings is 1. The van der Waals surface area contributed by atoms with E-state index in [-0.39, 0.29) is 18.2 Å². The van der Waals surface area contributed by atoms with Crippen molar-refractivity contribution in [2.24, 2.45) is 0 Å². The van der Waals surface area contributed by atoms with Crippen LogP contribution in [0.2, 0.25) is 0 Å². The van der Waals surface area contributed by atoms with Crippen molar-refractivity contribution in [2.45, 2.75) is 13.2 Å². The number of rotatable bonds is 4. The van der Waals surface area contributed by atoms with Gasteiger partial charge in [-0.05, 0) is 12.1 Å². The van der Waals surface area contributed by atoms with Crippen molar-refractivity contribution in [3.63, 3.8) is 0 Å². The Morgan fingerprint density at radius 1 is 1.33 bits per heavy atom. The highest BCUT2D eigenvalue weighted by Crippen LogP contribution is 2.22. The summed E-state index contributed by atoms with van der Waals surface area (Å²) in [5, 5.41) is 0. The van der Waals surface area contributed by atoms with Crippen molar-refractivity contribution >= 4 is 15.9 Å². The molecule has 0 radical (unpaired) electrons. The van der Waals surface area contributed by atoms with E-state index in [2.05, 4.69) is 20.9 Å². The lowest BCUT2D eigenvalue weighted by atomic mass is 10.3. The molecular formula is C11H8BrF3N2O. The molecule has 96 valence electrons. The lowest BCUT2D eigenvalue weighted by Crippen LogP contribution is -2.07. The normalized spacial score (nSPS) is 10.9. The summed E-state index contributed by atoms with van der Waals surface area (Å²) >= 11 is 3.11. The van der Waals surface area contributed by atoms with Crippen LogP contribution in [0.1, 0.15) is 12.4 Å². The van der Waals surface area contributed by atoms with Gasteiger partial charge in [0.05, 0.1) is 0 Å². The molecule has 2 aromatic rings. The quantitative estimate of drug-likeness (QED) is 0.857. The fraction of sp³-hybridized carbons (Fsp3) is 0.182. The van der Waals surface area contributed by atoms with Crippen LogP contribution in [0.5, 0.6) is 5.75 Å².